The summed E-state index contributed by atoms with van der Waals surface area (Å²) < 4.78 is 10.5. The molecule has 0 saturated carbocycles. The molecule has 0 saturated heterocycles. The van der Waals surface area contributed by atoms with Gasteiger partial charge in [0.25, 0.3) is 0 Å². The number of rotatable bonds is 4. The van der Waals surface area contributed by atoms with Crippen LogP contribution in [0.2, 0.25) is 0 Å². The third-order valence-electron chi connectivity index (χ3n) is 3.15. The number of aromatic nitrogens is 1. The van der Waals surface area contributed by atoms with E-state index in [2.05, 4.69) is 4.98 Å². The van der Waals surface area contributed by atoms with Crippen LogP contribution in [0.4, 0.5) is 5.82 Å². The lowest BCUT2D eigenvalue weighted by Crippen LogP contribution is -2.15. The van der Waals surface area contributed by atoms with Gasteiger partial charge in [-0.3, -0.25) is 0 Å². The monoisotopic (exact) mass is 273 g/mol. The molecule has 2 aromatic rings. The normalized spacial score (nSPS) is 12.0. The second-order valence-electron chi connectivity index (χ2n) is 4.61. The largest absolute Gasteiger partial charge is 0.497 e. The van der Waals surface area contributed by atoms with Crippen LogP contribution in [0.25, 0.3) is 0 Å². The van der Waals surface area contributed by atoms with Gasteiger partial charge < -0.3 is 20.9 Å². The summed E-state index contributed by atoms with van der Waals surface area (Å²) in [6.45, 7) is 1.95. The molecule has 0 fully saturated rings. The van der Waals surface area contributed by atoms with E-state index in [1.54, 1.807) is 26.5 Å². The third kappa shape index (κ3) is 2.83. The summed E-state index contributed by atoms with van der Waals surface area (Å²) in [5.41, 5.74) is 14.9. The number of nitrogens with two attached hydrogens (primary N) is 2. The van der Waals surface area contributed by atoms with Crippen molar-refractivity contribution in [2.24, 2.45) is 5.73 Å². The number of nitrogens with zero attached hydrogens (tertiary/aromatic N) is 1. The minimum atomic E-state index is -0.383. The van der Waals surface area contributed by atoms with E-state index in [1.807, 2.05) is 25.1 Å². The molecule has 1 unspecified atom stereocenters. The second-order valence-corrected chi connectivity index (χ2v) is 4.61. The number of nitrogen functional groups attached to an aromatic ring is 1. The average molecular weight is 273 g/mol. The van der Waals surface area contributed by atoms with Crippen LogP contribution < -0.4 is 20.9 Å². The Morgan fingerprint density at radius 1 is 1.05 bits per heavy atom. The first-order chi connectivity index (χ1) is 9.55. The molecule has 1 atom stereocenters. The Labute approximate surface area is 118 Å². The van der Waals surface area contributed by atoms with E-state index in [-0.39, 0.29) is 6.04 Å². The SMILES string of the molecule is COc1cc(OC)cc(C(N)c2cc(C)cnc2N)c1. The maximum absolute atomic E-state index is 6.30. The van der Waals surface area contributed by atoms with Crippen molar-refractivity contribution in [1.82, 2.24) is 4.98 Å². The molecule has 4 N–H and O–H groups in total. The molecule has 2 rings (SSSR count). The fourth-order valence-corrected chi connectivity index (χ4v) is 2.04. The molecule has 20 heavy (non-hydrogen) atoms. The van der Waals surface area contributed by atoms with Crippen LogP contribution in [-0.2, 0) is 0 Å². The fourth-order valence-electron chi connectivity index (χ4n) is 2.04. The number of aryl methyl sites for hydroxylation is 1. The van der Waals surface area contributed by atoms with Crippen molar-refractivity contribution >= 4 is 5.82 Å². The summed E-state index contributed by atoms with van der Waals surface area (Å²) in [6.07, 6.45) is 1.72. The van der Waals surface area contributed by atoms with Gasteiger partial charge in [0, 0.05) is 17.8 Å². The Balaban J connectivity index is 2.46. The molecular weight excluding hydrogens is 254 g/mol. The van der Waals surface area contributed by atoms with E-state index in [0.717, 1.165) is 16.7 Å². The van der Waals surface area contributed by atoms with Crippen LogP contribution in [0.5, 0.6) is 11.5 Å². The van der Waals surface area contributed by atoms with E-state index >= 15 is 0 Å². The van der Waals surface area contributed by atoms with Crippen LogP contribution >= 0.6 is 0 Å². The van der Waals surface area contributed by atoms with E-state index in [1.165, 1.54) is 0 Å². The molecule has 0 aliphatic carbocycles. The number of ether oxygens (including phenoxy) is 2. The molecule has 0 radical (unpaired) electrons. The zero-order valence-corrected chi connectivity index (χ0v) is 11.9. The number of hydrogen-bond donors (Lipinski definition) is 2. The zero-order chi connectivity index (χ0) is 14.7. The molecule has 0 aliphatic rings. The Hall–Kier alpha value is -2.27. The maximum atomic E-state index is 6.30. The lowest BCUT2D eigenvalue weighted by Gasteiger charge is -2.17. The number of methoxy groups -OCH3 is 2. The summed E-state index contributed by atoms with van der Waals surface area (Å²) in [5.74, 6) is 1.81. The third-order valence-corrected chi connectivity index (χ3v) is 3.15. The average Bonchev–Trinajstić information content (AvgIpc) is 2.48. The maximum Gasteiger partial charge on any atom is 0.128 e. The molecular formula is C15H19N3O2. The van der Waals surface area contributed by atoms with E-state index < -0.39 is 0 Å². The first-order valence-corrected chi connectivity index (χ1v) is 6.25. The molecule has 0 bridgehead atoms. The Bertz CT molecular complexity index is 592. The molecule has 106 valence electrons. The highest BCUT2D eigenvalue weighted by Gasteiger charge is 2.15. The molecule has 1 heterocycles. The number of pyridine rings is 1. The quantitative estimate of drug-likeness (QED) is 0.890. The predicted octanol–water partition coefficient (Wildman–Crippen LogP) is 2.04. The van der Waals surface area contributed by atoms with Gasteiger partial charge in [-0.1, -0.05) is 0 Å². The van der Waals surface area contributed by atoms with Crippen molar-refractivity contribution in [3.8, 4) is 11.5 Å². The highest BCUT2D eigenvalue weighted by atomic mass is 16.5. The summed E-state index contributed by atoms with van der Waals surface area (Å²) in [4.78, 5) is 4.15. The molecule has 5 nitrogen and oxygen atoms in total. The minimum absolute atomic E-state index is 0.383. The lowest BCUT2D eigenvalue weighted by atomic mass is 9.98. The Morgan fingerprint density at radius 3 is 2.20 bits per heavy atom. The smallest absolute Gasteiger partial charge is 0.128 e. The summed E-state index contributed by atoms with van der Waals surface area (Å²) in [7, 11) is 3.21. The topological polar surface area (TPSA) is 83.4 Å². The van der Waals surface area contributed by atoms with E-state index in [0.29, 0.717) is 17.3 Å². The number of hydrogen-bond acceptors (Lipinski definition) is 5. The van der Waals surface area contributed by atoms with Crippen molar-refractivity contribution in [3.05, 3.63) is 47.2 Å². The van der Waals surface area contributed by atoms with Crippen LogP contribution in [0.1, 0.15) is 22.7 Å². The zero-order valence-electron chi connectivity index (χ0n) is 11.9. The Kier molecular flexibility index (Phi) is 4.10. The van der Waals surface area contributed by atoms with Gasteiger partial charge in [0.1, 0.15) is 17.3 Å². The predicted molar refractivity (Wildman–Crippen MR) is 79.0 cm³/mol. The van der Waals surface area contributed by atoms with Gasteiger partial charge in [-0.25, -0.2) is 4.98 Å². The van der Waals surface area contributed by atoms with Gasteiger partial charge in [0.05, 0.1) is 20.3 Å². The van der Waals surface area contributed by atoms with Crippen molar-refractivity contribution in [3.63, 3.8) is 0 Å². The van der Waals surface area contributed by atoms with Crippen LogP contribution in [0.3, 0.4) is 0 Å². The summed E-state index contributed by atoms with van der Waals surface area (Å²) in [6, 6.07) is 7.10. The summed E-state index contributed by atoms with van der Waals surface area (Å²) in [5, 5.41) is 0. The van der Waals surface area contributed by atoms with Crippen LogP contribution in [0, 0.1) is 6.92 Å². The lowest BCUT2D eigenvalue weighted by molar-refractivity contribution is 0.393. The standard InChI is InChI=1S/C15H19N3O2/c1-9-4-13(15(17)18-8-9)14(16)10-5-11(19-2)7-12(6-10)20-3/h4-8,14H,16H2,1-3H3,(H2,17,18). The molecule has 1 aromatic carbocycles. The van der Waals surface area contributed by atoms with Gasteiger partial charge >= 0.3 is 0 Å². The molecule has 1 aromatic heterocycles. The molecule has 0 amide bonds. The first kappa shape index (κ1) is 14.1. The highest BCUT2D eigenvalue weighted by Crippen LogP contribution is 2.30. The Morgan fingerprint density at radius 2 is 1.65 bits per heavy atom. The molecule has 0 aliphatic heterocycles. The van der Waals surface area contributed by atoms with Gasteiger partial charge in [-0.05, 0) is 36.2 Å². The highest BCUT2D eigenvalue weighted by molar-refractivity contribution is 5.49. The molecule has 5 heteroatoms. The first-order valence-electron chi connectivity index (χ1n) is 6.25. The summed E-state index contributed by atoms with van der Waals surface area (Å²) >= 11 is 0. The van der Waals surface area contributed by atoms with Crippen molar-refractivity contribution in [2.75, 3.05) is 20.0 Å². The van der Waals surface area contributed by atoms with Crippen LogP contribution in [-0.4, -0.2) is 19.2 Å². The van der Waals surface area contributed by atoms with Gasteiger partial charge in [0.2, 0.25) is 0 Å². The number of benzene rings is 1. The van der Waals surface area contributed by atoms with Crippen molar-refractivity contribution in [2.45, 2.75) is 13.0 Å². The second kappa shape index (κ2) is 5.79. The number of anilines is 1. The van der Waals surface area contributed by atoms with Gasteiger partial charge in [-0.2, -0.15) is 0 Å². The van der Waals surface area contributed by atoms with Gasteiger partial charge in [0.15, 0.2) is 0 Å². The minimum Gasteiger partial charge on any atom is -0.497 e. The van der Waals surface area contributed by atoms with E-state index in [4.69, 9.17) is 20.9 Å². The van der Waals surface area contributed by atoms with E-state index in [9.17, 15) is 0 Å². The molecule has 0 spiro atoms. The fraction of sp³-hybridized carbons (Fsp3) is 0.267. The van der Waals surface area contributed by atoms with Crippen molar-refractivity contribution in [1.29, 1.82) is 0 Å². The van der Waals surface area contributed by atoms with Crippen LogP contribution in [0.15, 0.2) is 30.5 Å². The van der Waals surface area contributed by atoms with Crippen molar-refractivity contribution < 1.29 is 9.47 Å². The van der Waals surface area contributed by atoms with Gasteiger partial charge in [-0.15, -0.1) is 0 Å².